The van der Waals surface area contributed by atoms with Crippen LogP contribution < -0.4 is 5.73 Å². The van der Waals surface area contributed by atoms with Gasteiger partial charge < -0.3 is 5.73 Å². The van der Waals surface area contributed by atoms with Gasteiger partial charge in [-0.3, -0.25) is 4.79 Å². The van der Waals surface area contributed by atoms with E-state index in [-0.39, 0.29) is 0 Å². The molecular weight excluding hydrogens is 246 g/mol. The fourth-order valence-electron chi connectivity index (χ4n) is 2.38. The molecule has 2 nitrogen and oxygen atoms in total. The summed E-state index contributed by atoms with van der Waals surface area (Å²) in [5, 5.41) is 0. The molecule has 0 fully saturated rings. The molecule has 0 rings (SSSR count). The third-order valence-corrected chi connectivity index (χ3v) is 3.62. The van der Waals surface area contributed by atoms with Gasteiger partial charge >= 0.3 is 0 Å². The third-order valence-electron chi connectivity index (χ3n) is 3.62. The van der Waals surface area contributed by atoms with E-state index in [1.165, 1.54) is 77.0 Å². The maximum absolute atomic E-state index is 10.4. The predicted octanol–water partition coefficient (Wildman–Crippen LogP) is 4.96. The lowest BCUT2D eigenvalue weighted by Crippen LogP contribution is -2.05. The van der Waals surface area contributed by atoms with Crippen molar-refractivity contribution in [2.24, 2.45) is 5.73 Å². The molecule has 2 N–H and O–H groups in total. The minimum Gasteiger partial charge on any atom is -0.359 e. The van der Waals surface area contributed by atoms with Crippen LogP contribution in [0.5, 0.6) is 0 Å². The molecule has 0 aromatic carbocycles. The number of unbranched alkanes of at least 4 members (excludes halogenated alkanes) is 13. The molecular formula is C18H33NO. The number of nitrogens with two attached hydrogens (primary N) is 1. The Morgan fingerprint density at radius 2 is 1.15 bits per heavy atom. The van der Waals surface area contributed by atoms with Crippen molar-refractivity contribution in [2.45, 2.75) is 96.8 Å². The van der Waals surface area contributed by atoms with Gasteiger partial charge in [-0.05, 0) is 12.3 Å². The highest BCUT2D eigenvalue weighted by atomic mass is 16.1. The lowest BCUT2D eigenvalue weighted by molar-refractivity contribution is -0.112. The van der Waals surface area contributed by atoms with Crippen LogP contribution in [0.15, 0.2) is 0 Å². The minimum atomic E-state index is -0.514. The summed E-state index contributed by atoms with van der Waals surface area (Å²) in [6.45, 7) is 2.27. The van der Waals surface area contributed by atoms with Crippen LogP contribution in [-0.2, 0) is 4.79 Å². The lowest BCUT2D eigenvalue weighted by atomic mass is 10.0. The van der Waals surface area contributed by atoms with Gasteiger partial charge in [-0.15, -0.1) is 0 Å². The number of primary amides is 1. The van der Waals surface area contributed by atoms with Crippen molar-refractivity contribution < 1.29 is 4.79 Å². The lowest BCUT2D eigenvalue weighted by Gasteiger charge is -2.02. The molecule has 0 aromatic heterocycles. The van der Waals surface area contributed by atoms with Crippen LogP contribution in [0.3, 0.4) is 0 Å². The summed E-state index contributed by atoms with van der Waals surface area (Å²) in [5.74, 6) is 4.66. The van der Waals surface area contributed by atoms with Gasteiger partial charge in [0, 0.05) is 6.42 Å². The fourth-order valence-corrected chi connectivity index (χ4v) is 2.38. The number of carbonyl (C=O) groups is 1. The first-order chi connectivity index (χ1) is 9.77. The Labute approximate surface area is 125 Å². The van der Waals surface area contributed by atoms with Crippen LogP contribution in [-0.4, -0.2) is 5.91 Å². The van der Waals surface area contributed by atoms with Crippen molar-refractivity contribution in [2.75, 3.05) is 0 Å². The molecule has 0 saturated carbocycles. The Kier molecular flexibility index (Phi) is 15.3. The summed E-state index contributed by atoms with van der Waals surface area (Å²) in [7, 11) is 0. The minimum absolute atomic E-state index is 0.514. The number of rotatable bonds is 13. The summed E-state index contributed by atoms with van der Waals surface area (Å²) >= 11 is 0. The van der Waals surface area contributed by atoms with Crippen molar-refractivity contribution in [1.29, 1.82) is 0 Å². The van der Waals surface area contributed by atoms with E-state index >= 15 is 0 Å². The average molecular weight is 279 g/mol. The van der Waals surface area contributed by atoms with Crippen molar-refractivity contribution in [3.05, 3.63) is 0 Å². The number of hydrogen-bond donors (Lipinski definition) is 1. The highest BCUT2D eigenvalue weighted by Gasteiger charge is 1.93. The SMILES string of the molecule is CCCCCCCCCCCCCCCC#CC(N)=O. The summed E-state index contributed by atoms with van der Waals surface area (Å²) < 4.78 is 0. The van der Waals surface area contributed by atoms with Gasteiger partial charge in [-0.2, -0.15) is 0 Å². The second-order valence-corrected chi connectivity index (χ2v) is 5.66. The number of carbonyl (C=O) groups excluding carboxylic acids is 1. The van der Waals surface area contributed by atoms with Gasteiger partial charge in [-0.1, -0.05) is 89.9 Å². The van der Waals surface area contributed by atoms with E-state index in [4.69, 9.17) is 5.73 Å². The molecule has 1 amide bonds. The standard InChI is InChI=1S/C18H33NO/c1-2-3-4-5-6-7-8-9-10-11-12-13-14-15-16-17-18(19)20/h2-15H2,1H3,(H2,19,20). The second kappa shape index (κ2) is 16.1. The van der Waals surface area contributed by atoms with Gasteiger partial charge in [0.2, 0.25) is 0 Å². The molecule has 0 heterocycles. The molecule has 0 radical (unpaired) electrons. The van der Waals surface area contributed by atoms with Gasteiger partial charge in [0.05, 0.1) is 0 Å². The Bertz CT molecular complexity index is 275. The maximum atomic E-state index is 10.4. The van der Waals surface area contributed by atoms with Gasteiger partial charge in [0.1, 0.15) is 0 Å². The fraction of sp³-hybridized carbons (Fsp3) is 0.833. The first-order valence-corrected chi connectivity index (χ1v) is 8.55. The van der Waals surface area contributed by atoms with Crippen molar-refractivity contribution in [3.8, 4) is 11.8 Å². The van der Waals surface area contributed by atoms with Gasteiger partial charge in [0.15, 0.2) is 0 Å². The van der Waals surface area contributed by atoms with Crippen LogP contribution in [0.2, 0.25) is 0 Å². The predicted molar refractivity (Wildman–Crippen MR) is 87.3 cm³/mol. The first-order valence-electron chi connectivity index (χ1n) is 8.55. The molecule has 0 bridgehead atoms. The van der Waals surface area contributed by atoms with Crippen LogP contribution in [0.25, 0.3) is 0 Å². The summed E-state index contributed by atoms with van der Waals surface area (Å²) in [6.07, 6.45) is 18.4. The topological polar surface area (TPSA) is 43.1 Å². The second-order valence-electron chi connectivity index (χ2n) is 5.66. The molecule has 2 heteroatoms. The van der Waals surface area contributed by atoms with E-state index in [1.54, 1.807) is 0 Å². The molecule has 0 aromatic rings. The third kappa shape index (κ3) is 17.0. The number of hydrogen-bond acceptors (Lipinski definition) is 1. The zero-order valence-electron chi connectivity index (χ0n) is 13.4. The van der Waals surface area contributed by atoms with Crippen LogP contribution in [0.4, 0.5) is 0 Å². The van der Waals surface area contributed by atoms with E-state index in [0.717, 1.165) is 12.8 Å². The Hall–Kier alpha value is -0.970. The van der Waals surface area contributed by atoms with Crippen molar-refractivity contribution in [3.63, 3.8) is 0 Å². The van der Waals surface area contributed by atoms with E-state index in [1.807, 2.05) is 0 Å². The smallest absolute Gasteiger partial charge is 0.293 e. The largest absolute Gasteiger partial charge is 0.359 e. The summed E-state index contributed by atoms with van der Waals surface area (Å²) in [6, 6.07) is 0. The normalized spacial score (nSPS) is 10.1. The molecule has 0 aliphatic carbocycles. The molecule has 0 aliphatic heterocycles. The van der Waals surface area contributed by atoms with Crippen LogP contribution in [0.1, 0.15) is 96.8 Å². The van der Waals surface area contributed by atoms with Gasteiger partial charge in [0.25, 0.3) is 5.91 Å². The summed E-state index contributed by atoms with van der Waals surface area (Å²) in [4.78, 5) is 10.4. The van der Waals surface area contributed by atoms with Crippen molar-refractivity contribution >= 4 is 5.91 Å². The van der Waals surface area contributed by atoms with Crippen LogP contribution in [0, 0.1) is 11.8 Å². The Morgan fingerprint density at radius 1 is 0.750 bits per heavy atom. The average Bonchev–Trinajstić information content (AvgIpc) is 2.43. The van der Waals surface area contributed by atoms with E-state index in [2.05, 4.69) is 18.8 Å². The quantitative estimate of drug-likeness (QED) is 0.376. The molecule has 116 valence electrons. The highest BCUT2D eigenvalue weighted by Crippen LogP contribution is 2.12. The van der Waals surface area contributed by atoms with Crippen molar-refractivity contribution in [1.82, 2.24) is 0 Å². The molecule has 0 unspecified atom stereocenters. The Balaban J connectivity index is 3.03. The maximum Gasteiger partial charge on any atom is 0.293 e. The zero-order chi connectivity index (χ0) is 14.9. The monoisotopic (exact) mass is 279 g/mol. The van der Waals surface area contributed by atoms with E-state index < -0.39 is 5.91 Å². The molecule has 0 spiro atoms. The number of amides is 1. The zero-order valence-corrected chi connectivity index (χ0v) is 13.4. The Morgan fingerprint density at radius 3 is 1.55 bits per heavy atom. The molecule has 20 heavy (non-hydrogen) atoms. The molecule has 0 aliphatic rings. The van der Waals surface area contributed by atoms with E-state index in [0.29, 0.717) is 0 Å². The summed E-state index contributed by atoms with van der Waals surface area (Å²) in [5.41, 5.74) is 4.93. The highest BCUT2D eigenvalue weighted by molar-refractivity contribution is 5.91. The first kappa shape index (κ1) is 19.0. The van der Waals surface area contributed by atoms with E-state index in [9.17, 15) is 4.79 Å². The molecule has 0 saturated heterocycles. The molecule has 0 atom stereocenters. The van der Waals surface area contributed by atoms with Gasteiger partial charge in [-0.25, -0.2) is 0 Å². The van der Waals surface area contributed by atoms with Crippen LogP contribution >= 0.6 is 0 Å².